The third-order valence-corrected chi connectivity index (χ3v) is 5.09. The van der Waals surface area contributed by atoms with Gasteiger partial charge in [-0.3, -0.25) is 9.59 Å². The molecule has 0 saturated carbocycles. The third kappa shape index (κ3) is 2.22. The molecule has 3 fully saturated rings. The molecule has 3 unspecified atom stereocenters. The summed E-state index contributed by atoms with van der Waals surface area (Å²) < 4.78 is 0. The first-order chi connectivity index (χ1) is 9.59. The minimum atomic E-state index is -0.284. The maximum atomic E-state index is 12.8. The molecule has 20 heavy (non-hydrogen) atoms. The van der Waals surface area contributed by atoms with Gasteiger partial charge in [-0.1, -0.05) is 0 Å². The lowest BCUT2D eigenvalue weighted by Crippen LogP contribution is -2.68. The number of piperazine rings is 1. The SMILES string of the molecule is CC1C(=O)N2CCCCC2C(=O)N1C1CCCN(C)C1. The molecule has 5 nitrogen and oxygen atoms in total. The second-order valence-electron chi connectivity index (χ2n) is 6.52. The molecule has 0 N–H and O–H groups in total. The fourth-order valence-corrected chi connectivity index (χ4v) is 4.04. The summed E-state index contributed by atoms with van der Waals surface area (Å²) in [7, 11) is 2.10. The van der Waals surface area contributed by atoms with Crippen LogP contribution in [0.5, 0.6) is 0 Å². The predicted molar refractivity (Wildman–Crippen MR) is 76.2 cm³/mol. The van der Waals surface area contributed by atoms with Crippen molar-refractivity contribution in [2.24, 2.45) is 0 Å². The Labute approximate surface area is 120 Å². The first-order valence-electron chi connectivity index (χ1n) is 7.91. The Morgan fingerprint density at radius 3 is 2.55 bits per heavy atom. The number of piperidine rings is 2. The normalized spacial score (nSPS) is 36.2. The Morgan fingerprint density at radius 1 is 1.00 bits per heavy atom. The van der Waals surface area contributed by atoms with E-state index in [0.29, 0.717) is 0 Å². The number of carbonyl (C=O) groups is 2. The lowest BCUT2D eigenvalue weighted by molar-refractivity contribution is -0.166. The van der Waals surface area contributed by atoms with Crippen molar-refractivity contribution in [3.8, 4) is 0 Å². The van der Waals surface area contributed by atoms with Crippen LogP contribution in [-0.2, 0) is 9.59 Å². The number of likely N-dealkylation sites (N-methyl/N-ethyl adjacent to an activating group) is 1. The summed E-state index contributed by atoms with van der Waals surface area (Å²) in [5, 5.41) is 0. The quantitative estimate of drug-likeness (QED) is 0.709. The predicted octanol–water partition coefficient (Wildman–Crippen LogP) is 0.692. The van der Waals surface area contributed by atoms with Crippen LogP contribution >= 0.6 is 0 Å². The van der Waals surface area contributed by atoms with Gasteiger partial charge in [-0.2, -0.15) is 0 Å². The van der Waals surface area contributed by atoms with E-state index < -0.39 is 0 Å². The van der Waals surface area contributed by atoms with Gasteiger partial charge in [0, 0.05) is 19.1 Å². The lowest BCUT2D eigenvalue weighted by atomic mass is 9.92. The van der Waals surface area contributed by atoms with Crippen LogP contribution in [0.1, 0.15) is 39.0 Å². The molecular formula is C15H25N3O2. The summed E-state index contributed by atoms with van der Waals surface area (Å²) in [5.41, 5.74) is 0. The molecule has 3 saturated heterocycles. The summed E-state index contributed by atoms with van der Waals surface area (Å²) in [5.74, 6) is 0.347. The maximum absolute atomic E-state index is 12.8. The second kappa shape index (κ2) is 5.35. The van der Waals surface area contributed by atoms with Crippen molar-refractivity contribution >= 4 is 11.8 Å². The minimum Gasteiger partial charge on any atom is -0.329 e. The zero-order chi connectivity index (χ0) is 14.3. The molecular weight excluding hydrogens is 254 g/mol. The molecule has 0 aromatic heterocycles. The standard InChI is InChI=1S/C15H25N3O2/c1-11-14(19)17-9-4-3-7-13(17)15(20)18(11)12-6-5-8-16(2)10-12/h11-13H,3-10H2,1-2H3. The molecule has 0 aromatic carbocycles. The van der Waals surface area contributed by atoms with Crippen molar-refractivity contribution in [1.82, 2.24) is 14.7 Å². The van der Waals surface area contributed by atoms with E-state index in [0.717, 1.165) is 51.7 Å². The average Bonchev–Trinajstić information content (AvgIpc) is 2.45. The van der Waals surface area contributed by atoms with Gasteiger partial charge in [-0.25, -0.2) is 0 Å². The Hall–Kier alpha value is -1.10. The van der Waals surface area contributed by atoms with Gasteiger partial charge in [0.05, 0.1) is 0 Å². The zero-order valence-electron chi connectivity index (χ0n) is 12.5. The van der Waals surface area contributed by atoms with E-state index in [2.05, 4.69) is 11.9 Å². The van der Waals surface area contributed by atoms with Crippen LogP contribution < -0.4 is 0 Å². The maximum Gasteiger partial charge on any atom is 0.246 e. The number of amides is 2. The highest BCUT2D eigenvalue weighted by Crippen LogP contribution is 2.29. The van der Waals surface area contributed by atoms with E-state index in [1.54, 1.807) is 0 Å². The smallest absolute Gasteiger partial charge is 0.246 e. The monoisotopic (exact) mass is 279 g/mol. The van der Waals surface area contributed by atoms with Crippen LogP contribution in [0.2, 0.25) is 0 Å². The molecule has 112 valence electrons. The number of rotatable bonds is 1. The molecule has 0 spiro atoms. The van der Waals surface area contributed by atoms with Gasteiger partial charge in [0.15, 0.2) is 0 Å². The van der Waals surface area contributed by atoms with Crippen molar-refractivity contribution in [2.45, 2.75) is 57.2 Å². The van der Waals surface area contributed by atoms with Crippen molar-refractivity contribution in [2.75, 3.05) is 26.7 Å². The molecule has 0 aliphatic carbocycles. The number of nitrogens with zero attached hydrogens (tertiary/aromatic N) is 3. The van der Waals surface area contributed by atoms with Crippen LogP contribution in [0.15, 0.2) is 0 Å². The van der Waals surface area contributed by atoms with Gasteiger partial charge in [0.1, 0.15) is 12.1 Å². The molecule has 2 amide bonds. The Bertz CT molecular complexity index is 412. The summed E-state index contributed by atoms with van der Waals surface area (Å²) in [4.78, 5) is 31.4. The van der Waals surface area contributed by atoms with E-state index in [1.807, 2.05) is 16.7 Å². The van der Waals surface area contributed by atoms with Crippen molar-refractivity contribution in [3.05, 3.63) is 0 Å². The highest BCUT2D eigenvalue weighted by molar-refractivity contribution is 5.97. The third-order valence-electron chi connectivity index (χ3n) is 5.09. The van der Waals surface area contributed by atoms with Gasteiger partial charge in [0.2, 0.25) is 11.8 Å². The summed E-state index contributed by atoms with van der Waals surface area (Å²) >= 11 is 0. The topological polar surface area (TPSA) is 43.9 Å². The van der Waals surface area contributed by atoms with Crippen molar-refractivity contribution in [1.29, 1.82) is 0 Å². The highest BCUT2D eigenvalue weighted by atomic mass is 16.2. The summed E-state index contributed by atoms with van der Waals surface area (Å²) in [6.45, 7) is 4.66. The average molecular weight is 279 g/mol. The Balaban J connectivity index is 1.82. The number of hydrogen-bond acceptors (Lipinski definition) is 3. The number of carbonyl (C=O) groups excluding carboxylic acids is 2. The largest absolute Gasteiger partial charge is 0.329 e. The summed E-state index contributed by atoms with van der Waals surface area (Å²) in [6, 6.07) is -0.252. The molecule has 3 aliphatic heterocycles. The fourth-order valence-electron chi connectivity index (χ4n) is 4.04. The van der Waals surface area contributed by atoms with E-state index in [9.17, 15) is 9.59 Å². The second-order valence-corrected chi connectivity index (χ2v) is 6.52. The van der Waals surface area contributed by atoms with Gasteiger partial charge < -0.3 is 14.7 Å². The van der Waals surface area contributed by atoms with E-state index in [4.69, 9.17) is 0 Å². The van der Waals surface area contributed by atoms with Crippen LogP contribution in [0.25, 0.3) is 0 Å². The van der Waals surface area contributed by atoms with E-state index in [1.165, 1.54) is 0 Å². The molecule has 5 heteroatoms. The molecule has 3 aliphatic rings. The van der Waals surface area contributed by atoms with Gasteiger partial charge >= 0.3 is 0 Å². The van der Waals surface area contributed by atoms with E-state index >= 15 is 0 Å². The zero-order valence-corrected chi connectivity index (χ0v) is 12.5. The number of hydrogen-bond donors (Lipinski definition) is 0. The molecule has 0 bridgehead atoms. The van der Waals surface area contributed by atoms with Crippen molar-refractivity contribution in [3.63, 3.8) is 0 Å². The first kappa shape index (κ1) is 13.9. The Kier molecular flexibility index (Phi) is 3.71. The van der Waals surface area contributed by atoms with Gasteiger partial charge in [0.25, 0.3) is 0 Å². The van der Waals surface area contributed by atoms with Crippen LogP contribution in [0.4, 0.5) is 0 Å². The van der Waals surface area contributed by atoms with Crippen LogP contribution in [-0.4, -0.2) is 71.3 Å². The van der Waals surface area contributed by atoms with E-state index in [-0.39, 0.29) is 29.9 Å². The molecule has 3 rings (SSSR count). The minimum absolute atomic E-state index is 0.155. The van der Waals surface area contributed by atoms with Crippen molar-refractivity contribution < 1.29 is 9.59 Å². The van der Waals surface area contributed by atoms with Gasteiger partial charge in [-0.15, -0.1) is 0 Å². The van der Waals surface area contributed by atoms with Crippen LogP contribution in [0, 0.1) is 0 Å². The van der Waals surface area contributed by atoms with Gasteiger partial charge in [-0.05, 0) is 52.6 Å². The van der Waals surface area contributed by atoms with Crippen LogP contribution in [0.3, 0.4) is 0 Å². The molecule has 0 aromatic rings. The Morgan fingerprint density at radius 2 is 1.80 bits per heavy atom. The summed E-state index contributed by atoms with van der Waals surface area (Å²) in [6.07, 6.45) is 5.08. The number of likely N-dealkylation sites (tertiary alicyclic amines) is 1. The lowest BCUT2D eigenvalue weighted by Gasteiger charge is -2.50. The highest BCUT2D eigenvalue weighted by Gasteiger charge is 2.47. The molecule has 3 heterocycles. The first-order valence-corrected chi connectivity index (χ1v) is 7.91. The number of fused-ring (bicyclic) bond motifs is 1. The molecule has 0 radical (unpaired) electrons. The fraction of sp³-hybridized carbons (Fsp3) is 0.867. The molecule has 3 atom stereocenters.